The Hall–Kier alpha value is -2.77. The first-order valence-electron chi connectivity index (χ1n) is 12.1. The van der Waals surface area contributed by atoms with Gasteiger partial charge in [0.15, 0.2) is 5.82 Å². The van der Waals surface area contributed by atoms with Gasteiger partial charge in [0.1, 0.15) is 23.9 Å². The largest absolute Gasteiger partial charge is 0.382 e. The van der Waals surface area contributed by atoms with E-state index >= 15 is 0 Å². The van der Waals surface area contributed by atoms with Crippen molar-refractivity contribution in [3.63, 3.8) is 0 Å². The number of fused-ring (bicyclic) bond motifs is 1. The van der Waals surface area contributed by atoms with Gasteiger partial charge in [-0.2, -0.15) is 0 Å². The van der Waals surface area contributed by atoms with E-state index < -0.39 is 0 Å². The Morgan fingerprint density at radius 1 is 1.21 bits per heavy atom. The molecule has 4 rings (SSSR count). The zero-order valence-electron chi connectivity index (χ0n) is 19.6. The third-order valence-corrected chi connectivity index (χ3v) is 6.32. The Morgan fingerprint density at radius 2 is 2.00 bits per heavy atom. The molecule has 3 heterocycles. The van der Waals surface area contributed by atoms with Gasteiger partial charge in [-0.25, -0.2) is 9.97 Å². The van der Waals surface area contributed by atoms with E-state index in [9.17, 15) is 4.79 Å². The number of rotatable bonds is 11. The lowest BCUT2D eigenvalue weighted by molar-refractivity contribution is -0.119. The highest BCUT2D eigenvalue weighted by atomic mass is 16.5. The molecule has 0 atom stereocenters. The summed E-state index contributed by atoms with van der Waals surface area (Å²) < 4.78 is 7.91. The number of piperidine rings is 1. The minimum Gasteiger partial charge on any atom is -0.382 e. The molecule has 0 amide bonds. The first kappa shape index (κ1) is 23.4. The van der Waals surface area contributed by atoms with Crippen molar-refractivity contribution in [1.82, 2.24) is 19.9 Å². The SMILES string of the molecule is CCCCc1nc(N)c2c(n1)c(CC(=O)CC1CCNCC1)cn2COCc1ccccc1. The molecule has 7 heteroatoms. The molecule has 1 saturated heterocycles. The third kappa shape index (κ3) is 6.18. The van der Waals surface area contributed by atoms with Gasteiger partial charge in [-0.05, 0) is 43.8 Å². The number of aromatic nitrogens is 3. The first-order chi connectivity index (χ1) is 16.1. The highest BCUT2D eigenvalue weighted by Crippen LogP contribution is 2.27. The molecule has 0 radical (unpaired) electrons. The second kappa shape index (κ2) is 11.4. The topological polar surface area (TPSA) is 95.1 Å². The van der Waals surface area contributed by atoms with Gasteiger partial charge in [-0.3, -0.25) is 4.79 Å². The summed E-state index contributed by atoms with van der Waals surface area (Å²) in [6.07, 6.45) is 7.97. The maximum Gasteiger partial charge on any atom is 0.151 e. The minimum absolute atomic E-state index is 0.262. The average Bonchev–Trinajstić information content (AvgIpc) is 3.16. The quantitative estimate of drug-likeness (QED) is 0.459. The number of benzene rings is 1. The fraction of sp³-hybridized carbons (Fsp3) is 0.500. The summed E-state index contributed by atoms with van der Waals surface area (Å²) in [6, 6.07) is 10.1. The molecule has 33 heavy (non-hydrogen) atoms. The Bertz CT molecular complexity index is 1060. The number of hydrogen-bond acceptors (Lipinski definition) is 6. The molecule has 0 unspecified atom stereocenters. The summed E-state index contributed by atoms with van der Waals surface area (Å²) in [5.74, 6) is 1.93. The molecule has 7 nitrogen and oxygen atoms in total. The highest BCUT2D eigenvalue weighted by molar-refractivity contribution is 5.92. The van der Waals surface area contributed by atoms with Crippen LogP contribution in [0, 0.1) is 5.92 Å². The fourth-order valence-corrected chi connectivity index (χ4v) is 4.55. The number of nitrogens with zero attached hydrogens (tertiary/aromatic N) is 3. The zero-order valence-corrected chi connectivity index (χ0v) is 19.6. The van der Waals surface area contributed by atoms with Crippen LogP contribution in [-0.2, 0) is 35.7 Å². The smallest absolute Gasteiger partial charge is 0.151 e. The Morgan fingerprint density at radius 3 is 2.76 bits per heavy atom. The van der Waals surface area contributed by atoms with Gasteiger partial charge < -0.3 is 20.4 Å². The predicted octanol–water partition coefficient (Wildman–Crippen LogP) is 4.03. The summed E-state index contributed by atoms with van der Waals surface area (Å²) in [7, 11) is 0. The number of ketones is 1. The first-order valence-corrected chi connectivity index (χ1v) is 12.1. The molecule has 1 aliphatic heterocycles. The van der Waals surface area contributed by atoms with E-state index in [0.717, 1.165) is 73.2 Å². The third-order valence-electron chi connectivity index (χ3n) is 6.32. The van der Waals surface area contributed by atoms with Crippen LogP contribution in [-0.4, -0.2) is 33.4 Å². The van der Waals surface area contributed by atoms with Gasteiger partial charge in [-0.1, -0.05) is 43.7 Å². The van der Waals surface area contributed by atoms with Crippen molar-refractivity contribution in [3.8, 4) is 0 Å². The van der Waals surface area contributed by atoms with Crippen molar-refractivity contribution in [3.05, 3.63) is 53.5 Å². The van der Waals surface area contributed by atoms with Crippen molar-refractivity contribution in [2.24, 2.45) is 5.92 Å². The number of ether oxygens (including phenoxy) is 1. The molecule has 3 N–H and O–H groups in total. The molecule has 1 aromatic carbocycles. The van der Waals surface area contributed by atoms with Crippen LogP contribution < -0.4 is 11.1 Å². The van der Waals surface area contributed by atoms with Crippen molar-refractivity contribution in [1.29, 1.82) is 0 Å². The lowest BCUT2D eigenvalue weighted by atomic mass is 9.91. The van der Waals surface area contributed by atoms with E-state index in [1.807, 2.05) is 41.1 Å². The number of unbranched alkanes of at least 4 members (excludes halogenated alkanes) is 1. The molecule has 2 aromatic heterocycles. The molecular formula is C26H35N5O2. The lowest BCUT2D eigenvalue weighted by Crippen LogP contribution is -2.29. The van der Waals surface area contributed by atoms with Crippen LogP contribution in [0.25, 0.3) is 11.0 Å². The number of nitrogen functional groups attached to an aromatic ring is 1. The summed E-state index contributed by atoms with van der Waals surface area (Å²) in [6.45, 7) is 4.98. The van der Waals surface area contributed by atoms with E-state index in [2.05, 4.69) is 17.2 Å². The lowest BCUT2D eigenvalue weighted by Gasteiger charge is -2.21. The number of anilines is 1. The molecule has 0 saturated carbocycles. The zero-order chi connectivity index (χ0) is 23.0. The minimum atomic E-state index is 0.262. The van der Waals surface area contributed by atoms with Gasteiger partial charge >= 0.3 is 0 Å². The Balaban J connectivity index is 1.55. The van der Waals surface area contributed by atoms with E-state index in [0.29, 0.717) is 37.9 Å². The Kier molecular flexibility index (Phi) is 8.07. The van der Waals surface area contributed by atoms with E-state index in [-0.39, 0.29) is 5.78 Å². The van der Waals surface area contributed by atoms with Gasteiger partial charge in [0.25, 0.3) is 0 Å². The maximum atomic E-state index is 12.9. The molecule has 176 valence electrons. The standard InChI is InChI=1S/C26H35N5O2/c1-2-3-9-23-29-24-21(15-22(32)14-19-10-12-28-13-11-19)16-31(25(24)26(27)30-23)18-33-17-20-7-5-4-6-8-20/h4-8,16,19,28H,2-3,9-15,17-18H2,1H3,(H2,27,29,30). The monoisotopic (exact) mass is 449 g/mol. The van der Waals surface area contributed by atoms with Crippen LogP contribution in [0.2, 0.25) is 0 Å². The molecule has 1 fully saturated rings. The number of carbonyl (C=O) groups is 1. The summed E-state index contributed by atoms with van der Waals surface area (Å²) >= 11 is 0. The fourth-order valence-electron chi connectivity index (χ4n) is 4.55. The van der Waals surface area contributed by atoms with Crippen molar-refractivity contribution in [2.75, 3.05) is 18.8 Å². The van der Waals surface area contributed by atoms with Crippen molar-refractivity contribution < 1.29 is 9.53 Å². The average molecular weight is 450 g/mol. The molecular weight excluding hydrogens is 414 g/mol. The van der Waals surface area contributed by atoms with Crippen LogP contribution in [0.1, 0.15) is 56.0 Å². The van der Waals surface area contributed by atoms with Crippen molar-refractivity contribution in [2.45, 2.75) is 65.2 Å². The van der Waals surface area contributed by atoms with E-state index in [1.54, 1.807) is 0 Å². The van der Waals surface area contributed by atoms with Crippen LogP contribution >= 0.6 is 0 Å². The summed E-state index contributed by atoms with van der Waals surface area (Å²) in [5, 5.41) is 3.37. The van der Waals surface area contributed by atoms with Crippen LogP contribution in [0.4, 0.5) is 5.82 Å². The number of hydrogen-bond donors (Lipinski definition) is 2. The molecule has 3 aromatic rings. The van der Waals surface area contributed by atoms with E-state index in [1.165, 1.54) is 0 Å². The van der Waals surface area contributed by atoms with Crippen molar-refractivity contribution >= 4 is 22.6 Å². The van der Waals surface area contributed by atoms with Crippen LogP contribution in [0.5, 0.6) is 0 Å². The second-order valence-corrected chi connectivity index (χ2v) is 9.03. The highest BCUT2D eigenvalue weighted by Gasteiger charge is 2.21. The number of aryl methyl sites for hydroxylation is 1. The summed E-state index contributed by atoms with van der Waals surface area (Å²) in [5.41, 5.74) is 9.96. The molecule has 0 bridgehead atoms. The van der Waals surface area contributed by atoms with Crippen LogP contribution in [0.15, 0.2) is 36.5 Å². The van der Waals surface area contributed by atoms with Gasteiger partial charge in [0, 0.05) is 31.0 Å². The Labute approximate surface area is 195 Å². The summed E-state index contributed by atoms with van der Waals surface area (Å²) in [4.78, 5) is 22.3. The predicted molar refractivity (Wildman–Crippen MR) is 131 cm³/mol. The number of nitrogens with two attached hydrogens (primary N) is 1. The van der Waals surface area contributed by atoms with Gasteiger partial charge in [-0.15, -0.1) is 0 Å². The number of carbonyl (C=O) groups excluding carboxylic acids is 1. The number of Topliss-reactive ketones (excluding diaryl/α,β-unsaturated/α-hetero) is 1. The normalized spacial score (nSPS) is 14.7. The second-order valence-electron chi connectivity index (χ2n) is 9.03. The van der Waals surface area contributed by atoms with Crippen LogP contribution in [0.3, 0.4) is 0 Å². The molecule has 1 aliphatic rings. The van der Waals surface area contributed by atoms with E-state index in [4.69, 9.17) is 15.5 Å². The molecule has 0 aliphatic carbocycles. The maximum absolute atomic E-state index is 12.9. The number of nitrogens with one attached hydrogen (secondary N) is 1. The molecule has 0 spiro atoms. The van der Waals surface area contributed by atoms with Gasteiger partial charge in [0.05, 0.1) is 12.1 Å². The van der Waals surface area contributed by atoms with Gasteiger partial charge in [0.2, 0.25) is 0 Å².